The van der Waals surface area contributed by atoms with Crippen LogP contribution in [0.25, 0.3) is 0 Å². The first-order valence-corrected chi connectivity index (χ1v) is 5.70. The number of hydrogen-bond donors (Lipinski definition) is 1. The smallest absolute Gasteiger partial charge is 0.337 e. The molecule has 1 aromatic carbocycles. The van der Waals surface area contributed by atoms with Gasteiger partial charge >= 0.3 is 6.18 Å². The second-order valence-electron chi connectivity index (χ2n) is 4.49. The van der Waals surface area contributed by atoms with E-state index in [0.29, 0.717) is 31.2 Å². The normalized spacial score (nSPS) is 19.8. The van der Waals surface area contributed by atoms with E-state index in [9.17, 15) is 22.4 Å². The number of carbonyl (C=O) groups is 1. The van der Waals surface area contributed by atoms with E-state index in [2.05, 4.69) is 0 Å². The number of amides is 1. The maximum absolute atomic E-state index is 13.5. The van der Waals surface area contributed by atoms with Gasteiger partial charge in [0.15, 0.2) is 0 Å². The molecule has 1 unspecified atom stereocenters. The van der Waals surface area contributed by atoms with Gasteiger partial charge < -0.3 is 10.6 Å². The Kier molecular flexibility index (Phi) is 3.49. The molecule has 3 nitrogen and oxygen atoms in total. The molecule has 0 saturated carbocycles. The number of nitrogens with zero attached hydrogens (tertiary/aromatic N) is 1. The molecule has 2 N–H and O–H groups in total. The quantitative estimate of drug-likeness (QED) is 0.798. The van der Waals surface area contributed by atoms with Gasteiger partial charge in [-0.05, 0) is 24.6 Å². The van der Waals surface area contributed by atoms with Crippen LogP contribution in [0.2, 0.25) is 0 Å². The van der Waals surface area contributed by atoms with Crippen molar-refractivity contribution in [3.05, 3.63) is 35.1 Å². The maximum Gasteiger partial charge on any atom is 0.416 e. The van der Waals surface area contributed by atoms with Crippen LogP contribution >= 0.6 is 0 Å². The van der Waals surface area contributed by atoms with Crippen LogP contribution in [-0.4, -0.2) is 29.9 Å². The number of carbonyl (C=O) groups excluding carboxylic acids is 1. The summed E-state index contributed by atoms with van der Waals surface area (Å²) in [4.78, 5) is 13.2. The number of nitrogens with two attached hydrogens (primary N) is 1. The molecule has 1 aromatic rings. The number of rotatable bonds is 1. The number of hydrogen-bond acceptors (Lipinski definition) is 2. The highest BCUT2D eigenvalue weighted by Crippen LogP contribution is 2.30. The Bertz CT molecular complexity index is 501. The molecule has 1 fully saturated rings. The van der Waals surface area contributed by atoms with E-state index in [-0.39, 0.29) is 12.6 Å². The first kappa shape index (κ1) is 13.8. The average Bonchev–Trinajstić information content (AvgIpc) is 2.74. The van der Waals surface area contributed by atoms with Crippen molar-refractivity contribution in [3.63, 3.8) is 0 Å². The molecule has 19 heavy (non-hydrogen) atoms. The highest BCUT2D eigenvalue weighted by molar-refractivity contribution is 5.95. The molecule has 0 aliphatic carbocycles. The van der Waals surface area contributed by atoms with Gasteiger partial charge in [-0.2, -0.15) is 13.2 Å². The minimum atomic E-state index is -4.61. The largest absolute Gasteiger partial charge is 0.416 e. The monoisotopic (exact) mass is 276 g/mol. The van der Waals surface area contributed by atoms with Gasteiger partial charge in [0.2, 0.25) is 0 Å². The van der Waals surface area contributed by atoms with E-state index in [4.69, 9.17) is 5.73 Å². The van der Waals surface area contributed by atoms with Gasteiger partial charge in [0.05, 0.1) is 11.1 Å². The molecule has 1 atom stereocenters. The lowest BCUT2D eigenvalue weighted by Gasteiger charge is -2.17. The Balaban J connectivity index is 2.31. The Morgan fingerprint density at radius 1 is 1.37 bits per heavy atom. The van der Waals surface area contributed by atoms with Crippen molar-refractivity contribution in [3.8, 4) is 0 Å². The first-order chi connectivity index (χ1) is 8.79. The summed E-state index contributed by atoms with van der Waals surface area (Å²) in [5, 5.41) is 0. The Hall–Kier alpha value is -1.63. The molecule has 0 aromatic heterocycles. The van der Waals surface area contributed by atoms with Crippen molar-refractivity contribution in [2.24, 2.45) is 5.73 Å². The van der Waals surface area contributed by atoms with E-state index in [1.807, 2.05) is 0 Å². The van der Waals surface area contributed by atoms with E-state index >= 15 is 0 Å². The van der Waals surface area contributed by atoms with Gasteiger partial charge in [0.25, 0.3) is 5.91 Å². The second kappa shape index (κ2) is 4.80. The molecule has 104 valence electrons. The Labute approximate surface area is 107 Å². The van der Waals surface area contributed by atoms with Crippen LogP contribution in [-0.2, 0) is 6.18 Å². The molecule has 2 rings (SSSR count). The van der Waals surface area contributed by atoms with Gasteiger partial charge in [-0.25, -0.2) is 4.39 Å². The summed E-state index contributed by atoms with van der Waals surface area (Å²) in [5.74, 6) is -1.71. The van der Waals surface area contributed by atoms with Gasteiger partial charge in [-0.15, -0.1) is 0 Å². The number of halogens is 4. The van der Waals surface area contributed by atoms with Crippen LogP contribution in [0.5, 0.6) is 0 Å². The van der Waals surface area contributed by atoms with E-state index in [0.717, 1.165) is 0 Å². The minimum Gasteiger partial charge on any atom is -0.337 e. The topological polar surface area (TPSA) is 46.3 Å². The van der Waals surface area contributed by atoms with Gasteiger partial charge in [-0.3, -0.25) is 4.79 Å². The van der Waals surface area contributed by atoms with Crippen molar-refractivity contribution >= 4 is 5.91 Å². The highest BCUT2D eigenvalue weighted by atomic mass is 19.4. The van der Waals surface area contributed by atoms with Crippen LogP contribution in [0.1, 0.15) is 22.3 Å². The zero-order valence-electron chi connectivity index (χ0n) is 9.88. The van der Waals surface area contributed by atoms with Crippen LogP contribution < -0.4 is 5.73 Å². The molecule has 0 radical (unpaired) electrons. The van der Waals surface area contributed by atoms with E-state index in [1.165, 1.54) is 4.90 Å². The zero-order chi connectivity index (χ0) is 14.2. The highest BCUT2D eigenvalue weighted by Gasteiger charge is 2.33. The number of benzene rings is 1. The average molecular weight is 276 g/mol. The first-order valence-electron chi connectivity index (χ1n) is 5.70. The fourth-order valence-electron chi connectivity index (χ4n) is 2.01. The SMILES string of the molecule is NC1CCN(C(=O)c2cc(C(F)(F)F)ccc2F)C1. The van der Waals surface area contributed by atoms with Gasteiger partial charge in [0, 0.05) is 19.1 Å². The Morgan fingerprint density at radius 2 is 2.05 bits per heavy atom. The van der Waals surface area contributed by atoms with Crippen molar-refractivity contribution in [1.82, 2.24) is 4.90 Å². The van der Waals surface area contributed by atoms with Crippen molar-refractivity contribution in [2.45, 2.75) is 18.6 Å². The van der Waals surface area contributed by atoms with Crippen LogP contribution in [0.3, 0.4) is 0 Å². The fraction of sp³-hybridized carbons (Fsp3) is 0.417. The van der Waals surface area contributed by atoms with Crippen LogP contribution in [0, 0.1) is 5.82 Å². The second-order valence-corrected chi connectivity index (χ2v) is 4.49. The molecular formula is C12H12F4N2O. The fourth-order valence-corrected chi connectivity index (χ4v) is 2.01. The third-order valence-corrected chi connectivity index (χ3v) is 3.04. The standard InChI is InChI=1S/C12H12F4N2O/c13-10-2-1-7(12(14,15)16)5-9(10)11(19)18-4-3-8(17)6-18/h1-2,5,8H,3-4,6,17H2. The molecule has 0 spiro atoms. The molecule has 1 saturated heterocycles. The molecule has 0 bridgehead atoms. The summed E-state index contributed by atoms with van der Waals surface area (Å²) in [5.41, 5.74) is 4.00. The summed E-state index contributed by atoms with van der Waals surface area (Å²) in [6.07, 6.45) is -4.05. The number of alkyl halides is 3. The van der Waals surface area contributed by atoms with E-state index < -0.39 is 29.0 Å². The molecule has 7 heteroatoms. The lowest BCUT2D eigenvalue weighted by molar-refractivity contribution is -0.137. The maximum atomic E-state index is 13.5. The molecule has 1 aliphatic heterocycles. The summed E-state index contributed by atoms with van der Waals surface area (Å²) < 4.78 is 51.1. The van der Waals surface area contributed by atoms with Crippen molar-refractivity contribution in [2.75, 3.05) is 13.1 Å². The summed E-state index contributed by atoms with van der Waals surface area (Å²) in [6.45, 7) is 0.560. The summed E-state index contributed by atoms with van der Waals surface area (Å²) in [6, 6.07) is 1.60. The van der Waals surface area contributed by atoms with E-state index in [1.54, 1.807) is 0 Å². The number of likely N-dealkylation sites (tertiary alicyclic amines) is 1. The predicted molar refractivity (Wildman–Crippen MR) is 59.9 cm³/mol. The zero-order valence-corrected chi connectivity index (χ0v) is 9.88. The third-order valence-electron chi connectivity index (χ3n) is 3.04. The Morgan fingerprint density at radius 3 is 2.58 bits per heavy atom. The van der Waals surface area contributed by atoms with Gasteiger partial charge in [-0.1, -0.05) is 0 Å². The van der Waals surface area contributed by atoms with Crippen LogP contribution in [0.4, 0.5) is 17.6 Å². The molecule has 1 aliphatic rings. The van der Waals surface area contributed by atoms with Crippen LogP contribution in [0.15, 0.2) is 18.2 Å². The molecule has 1 heterocycles. The third kappa shape index (κ3) is 2.86. The lowest BCUT2D eigenvalue weighted by Crippen LogP contribution is -2.32. The molecule has 1 amide bonds. The summed E-state index contributed by atoms with van der Waals surface area (Å²) >= 11 is 0. The lowest BCUT2D eigenvalue weighted by atomic mass is 10.1. The molecular weight excluding hydrogens is 264 g/mol. The summed E-state index contributed by atoms with van der Waals surface area (Å²) in [7, 11) is 0. The minimum absolute atomic E-state index is 0.210. The predicted octanol–water partition coefficient (Wildman–Crippen LogP) is 2.02. The van der Waals surface area contributed by atoms with Gasteiger partial charge in [0.1, 0.15) is 5.82 Å². The van der Waals surface area contributed by atoms with Crippen molar-refractivity contribution < 1.29 is 22.4 Å². The van der Waals surface area contributed by atoms with Crippen molar-refractivity contribution in [1.29, 1.82) is 0 Å².